The van der Waals surface area contributed by atoms with Crippen LogP contribution in [0.1, 0.15) is 31.2 Å². The molecular formula is C14H17FN. The van der Waals surface area contributed by atoms with E-state index in [2.05, 4.69) is 11.4 Å². The molecule has 0 unspecified atom stereocenters. The zero-order valence-corrected chi connectivity index (χ0v) is 9.43. The maximum Gasteiger partial charge on any atom is 0.126 e. The van der Waals surface area contributed by atoms with E-state index in [0.29, 0.717) is 0 Å². The number of hydrogen-bond donors (Lipinski definition) is 1. The molecule has 16 heavy (non-hydrogen) atoms. The lowest BCUT2D eigenvalue weighted by Crippen LogP contribution is -2.18. The monoisotopic (exact) mass is 218 g/mol. The third kappa shape index (κ3) is 3.09. The number of benzene rings is 1. The standard InChI is InChI=1S/C14H17FN/c15-14-9-5-4-6-12(14)10-11-16-13-7-2-1-3-8-13/h4-6,9,16H,1-3,7,10-11H2. The van der Waals surface area contributed by atoms with Crippen molar-refractivity contribution in [3.8, 4) is 0 Å². The van der Waals surface area contributed by atoms with Crippen molar-refractivity contribution in [1.29, 1.82) is 0 Å². The first-order valence-corrected chi connectivity index (χ1v) is 5.93. The van der Waals surface area contributed by atoms with E-state index in [0.717, 1.165) is 31.4 Å². The molecule has 0 aromatic heterocycles. The predicted octanol–water partition coefficient (Wildman–Crippen LogP) is 3.22. The summed E-state index contributed by atoms with van der Waals surface area (Å²) in [6.45, 7) is 0.795. The molecule has 0 fully saturated rings. The van der Waals surface area contributed by atoms with E-state index < -0.39 is 0 Å². The second-order valence-electron chi connectivity index (χ2n) is 4.13. The minimum atomic E-state index is -0.106. The summed E-state index contributed by atoms with van der Waals surface area (Å²) in [6.07, 6.45) is 8.71. The molecule has 2 heteroatoms. The quantitative estimate of drug-likeness (QED) is 0.818. The van der Waals surface area contributed by atoms with Gasteiger partial charge in [-0.3, -0.25) is 0 Å². The molecule has 0 spiro atoms. The molecule has 85 valence electrons. The molecule has 1 aliphatic carbocycles. The van der Waals surface area contributed by atoms with Crippen LogP contribution in [0.25, 0.3) is 0 Å². The van der Waals surface area contributed by atoms with Gasteiger partial charge in [0, 0.05) is 12.2 Å². The lowest BCUT2D eigenvalue weighted by molar-refractivity contribution is 0.595. The van der Waals surface area contributed by atoms with Gasteiger partial charge in [-0.25, -0.2) is 4.39 Å². The Balaban J connectivity index is 1.80. The van der Waals surface area contributed by atoms with Crippen LogP contribution in [0, 0.1) is 11.9 Å². The second-order valence-corrected chi connectivity index (χ2v) is 4.13. The van der Waals surface area contributed by atoms with Crippen LogP contribution in [0.3, 0.4) is 0 Å². The number of nitrogens with one attached hydrogen (secondary N) is 1. The SMILES string of the molecule is Fc1ccccc1CCNC1=[C]CCCC1. The fourth-order valence-corrected chi connectivity index (χ4v) is 1.95. The van der Waals surface area contributed by atoms with E-state index in [-0.39, 0.29) is 5.82 Å². The summed E-state index contributed by atoms with van der Waals surface area (Å²) >= 11 is 0. The van der Waals surface area contributed by atoms with E-state index >= 15 is 0 Å². The van der Waals surface area contributed by atoms with Crippen molar-refractivity contribution in [1.82, 2.24) is 5.32 Å². The highest BCUT2D eigenvalue weighted by atomic mass is 19.1. The summed E-state index contributed by atoms with van der Waals surface area (Å²) < 4.78 is 13.3. The summed E-state index contributed by atoms with van der Waals surface area (Å²) in [5.74, 6) is -0.106. The third-order valence-corrected chi connectivity index (χ3v) is 2.88. The molecular weight excluding hydrogens is 201 g/mol. The average Bonchev–Trinajstić information content (AvgIpc) is 2.33. The largest absolute Gasteiger partial charge is 0.388 e. The van der Waals surface area contributed by atoms with E-state index in [9.17, 15) is 4.39 Å². The van der Waals surface area contributed by atoms with Crippen LogP contribution in [0.2, 0.25) is 0 Å². The van der Waals surface area contributed by atoms with Gasteiger partial charge in [0.25, 0.3) is 0 Å². The zero-order valence-electron chi connectivity index (χ0n) is 9.43. The first kappa shape index (κ1) is 11.2. The van der Waals surface area contributed by atoms with Crippen molar-refractivity contribution < 1.29 is 4.39 Å². The van der Waals surface area contributed by atoms with Crippen molar-refractivity contribution in [2.24, 2.45) is 0 Å². The normalized spacial score (nSPS) is 15.7. The third-order valence-electron chi connectivity index (χ3n) is 2.88. The van der Waals surface area contributed by atoms with Crippen LogP contribution >= 0.6 is 0 Å². The predicted molar refractivity (Wildman–Crippen MR) is 63.3 cm³/mol. The van der Waals surface area contributed by atoms with Crippen LogP contribution in [0.15, 0.2) is 30.0 Å². The van der Waals surface area contributed by atoms with Gasteiger partial charge in [0.05, 0.1) is 0 Å². The Labute approximate surface area is 96.4 Å². The molecule has 1 aromatic rings. The number of allylic oxidation sites excluding steroid dienone is 2. The van der Waals surface area contributed by atoms with Crippen molar-refractivity contribution in [3.05, 3.63) is 47.4 Å². The summed E-state index contributed by atoms with van der Waals surface area (Å²) in [6, 6.07) is 6.96. The maximum atomic E-state index is 13.3. The highest BCUT2D eigenvalue weighted by Gasteiger charge is 2.04. The lowest BCUT2D eigenvalue weighted by atomic mass is 10.0. The molecule has 2 rings (SSSR count). The highest BCUT2D eigenvalue weighted by Crippen LogP contribution is 2.14. The van der Waals surface area contributed by atoms with Crippen molar-refractivity contribution in [2.75, 3.05) is 6.54 Å². The van der Waals surface area contributed by atoms with Gasteiger partial charge in [0.15, 0.2) is 0 Å². The van der Waals surface area contributed by atoms with E-state index in [1.54, 1.807) is 6.07 Å². The zero-order chi connectivity index (χ0) is 11.2. The molecule has 0 amide bonds. The van der Waals surface area contributed by atoms with Crippen LogP contribution in [-0.2, 0) is 6.42 Å². The molecule has 0 saturated heterocycles. The summed E-state index contributed by atoms with van der Waals surface area (Å²) in [5.41, 5.74) is 1.99. The molecule has 0 aliphatic heterocycles. The molecule has 0 bridgehead atoms. The smallest absolute Gasteiger partial charge is 0.126 e. The van der Waals surface area contributed by atoms with Gasteiger partial charge in [0.1, 0.15) is 5.82 Å². The van der Waals surface area contributed by atoms with Gasteiger partial charge in [-0.15, -0.1) is 0 Å². The van der Waals surface area contributed by atoms with Gasteiger partial charge < -0.3 is 5.32 Å². The molecule has 0 atom stereocenters. The number of hydrogen-bond acceptors (Lipinski definition) is 1. The first-order valence-electron chi connectivity index (χ1n) is 5.93. The Morgan fingerprint density at radius 1 is 1.25 bits per heavy atom. The van der Waals surface area contributed by atoms with Gasteiger partial charge >= 0.3 is 0 Å². The molecule has 1 N–H and O–H groups in total. The fraction of sp³-hybridized carbons (Fsp3) is 0.429. The Morgan fingerprint density at radius 3 is 2.88 bits per heavy atom. The molecule has 1 aliphatic rings. The summed E-state index contributed by atoms with van der Waals surface area (Å²) in [7, 11) is 0. The summed E-state index contributed by atoms with van der Waals surface area (Å²) in [5, 5.41) is 3.34. The van der Waals surface area contributed by atoms with Crippen LogP contribution in [0.5, 0.6) is 0 Å². The number of rotatable bonds is 4. The van der Waals surface area contributed by atoms with Gasteiger partial charge in [-0.05, 0) is 49.8 Å². The highest BCUT2D eigenvalue weighted by molar-refractivity contribution is 5.17. The maximum absolute atomic E-state index is 13.3. The topological polar surface area (TPSA) is 12.0 Å². The van der Waals surface area contributed by atoms with Gasteiger partial charge in [-0.1, -0.05) is 18.2 Å². The molecule has 0 heterocycles. The van der Waals surface area contributed by atoms with Crippen LogP contribution in [-0.4, -0.2) is 6.54 Å². The van der Waals surface area contributed by atoms with E-state index in [4.69, 9.17) is 0 Å². The molecule has 1 nitrogen and oxygen atoms in total. The Kier molecular flexibility index (Phi) is 3.97. The van der Waals surface area contributed by atoms with Gasteiger partial charge in [0.2, 0.25) is 0 Å². The van der Waals surface area contributed by atoms with Crippen molar-refractivity contribution in [3.63, 3.8) is 0 Å². The number of halogens is 1. The van der Waals surface area contributed by atoms with E-state index in [1.165, 1.54) is 24.6 Å². The molecule has 1 radical (unpaired) electrons. The van der Waals surface area contributed by atoms with Crippen molar-refractivity contribution in [2.45, 2.75) is 32.1 Å². The first-order chi connectivity index (χ1) is 7.86. The van der Waals surface area contributed by atoms with Crippen LogP contribution in [0.4, 0.5) is 4.39 Å². The second kappa shape index (κ2) is 5.69. The van der Waals surface area contributed by atoms with E-state index in [1.807, 2.05) is 12.1 Å². The Hall–Kier alpha value is -1.31. The summed E-state index contributed by atoms with van der Waals surface area (Å²) in [4.78, 5) is 0. The lowest BCUT2D eigenvalue weighted by Gasteiger charge is -2.14. The van der Waals surface area contributed by atoms with Gasteiger partial charge in [-0.2, -0.15) is 0 Å². The van der Waals surface area contributed by atoms with Crippen molar-refractivity contribution >= 4 is 0 Å². The molecule has 1 aromatic carbocycles. The minimum Gasteiger partial charge on any atom is -0.388 e. The Morgan fingerprint density at radius 2 is 2.12 bits per heavy atom. The fourth-order valence-electron chi connectivity index (χ4n) is 1.95. The Bertz CT molecular complexity index is 371. The molecule has 0 saturated carbocycles. The average molecular weight is 218 g/mol. The minimum absolute atomic E-state index is 0.106. The van der Waals surface area contributed by atoms with Crippen LogP contribution < -0.4 is 5.32 Å².